The number of hydrogen-bond donors (Lipinski definition) is 0. The minimum Gasteiger partial charge on any atom is -0.488 e. The predicted octanol–water partition coefficient (Wildman–Crippen LogP) is 2.37. The summed E-state index contributed by atoms with van der Waals surface area (Å²) in [7, 11) is 0. The third-order valence-corrected chi connectivity index (χ3v) is 2.21. The minimum absolute atomic E-state index is 0.156. The summed E-state index contributed by atoms with van der Waals surface area (Å²) in [5, 5.41) is 0. The lowest BCUT2D eigenvalue weighted by molar-refractivity contribution is 0.254. The molecule has 1 heterocycles. The molecule has 0 aromatic heterocycles. The van der Waals surface area contributed by atoms with Gasteiger partial charge in [-0.3, -0.25) is 0 Å². The van der Waals surface area contributed by atoms with Crippen molar-refractivity contribution in [3.05, 3.63) is 28.5 Å². The van der Waals surface area contributed by atoms with E-state index in [4.69, 9.17) is 9.47 Å². The van der Waals surface area contributed by atoms with E-state index in [1.807, 2.05) is 0 Å². The highest BCUT2D eigenvalue weighted by Crippen LogP contribution is 2.22. The van der Waals surface area contributed by atoms with Crippen LogP contribution >= 0.6 is 15.9 Å². The average Bonchev–Trinajstić information content (AvgIpc) is 2.86. The van der Waals surface area contributed by atoms with Gasteiger partial charge in [0.2, 0.25) is 0 Å². The van der Waals surface area contributed by atoms with E-state index >= 15 is 0 Å². The van der Waals surface area contributed by atoms with Crippen LogP contribution in [0.4, 0.5) is 4.39 Å². The summed E-state index contributed by atoms with van der Waals surface area (Å²) in [4.78, 5) is 0. The summed E-state index contributed by atoms with van der Waals surface area (Å²) in [5.41, 5.74) is 0. The van der Waals surface area contributed by atoms with Crippen LogP contribution in [0.1, 0.15) is 0 Å². The van der Waals surface area contributed by atoms with E-state index < -0.39 is 0 Å². The Morgan fingerprint density at radius 3 is 3.00 bits per heavy atom. The molecule has 0 N–H and O–H groups in total. The summed E-state index contributed by atoms with van der Waals surface area (Å²) < 4.78 is 24.0. The summed E-state index contributed by atoms with van der Waals surface area (Å²) >= 11 is 3.17. The third-order valence-electron chi connectivity index (χ3n) is 1.72. The zero-order chi connectivity index (χ0) is 9.26. The minimum atomic E-state index is -0.352. The van der Waals surface area contributed by atoms with Crippen molar-refractivity contribution in [3.63, 3.8) is 0 Å². The maximum atomic E-state index is 13.1. The van der Waals surface area contributed by atoms with Crippen molar-refractivity contribution >= 4 is 15.9 Å². The number of rotatable bonds is 3. The van der Waals surface area contributed by atoms with Gasteiger partial charge in [-0.25, -0.2) is 4.39 Å². The molecule has 0 amide bonds. The molecule has 0 aliphatic carbocycles. The summed E-state index contributed by atoms with van der Waals surface area (Å²) in [6.45, 7) is 1.15. The SMILES string of the molecule is Fc1cc(Br)ccc1OC[C@@H]1CO1. The molecule has 4 heteroatoms. The number of hydrogen-bond acceptors (Lipinski definition) is 2. The Kier molecular flexibility index (Phi) is 2.51. The molecule has 0 radical (unpaired) electrons. The second-order valence-corrected chi connectivity index (χ2v) is 3.76. The molecule has 1 aromatic carbocycles. The zero-order valence-electron chi connectivity index (χ0n) is 6.80. The lowest BCUT2D eigenvalue weighted by atomic mass is 10.3. The van der Waals surface area contributed by atoms with Gasteiger partial charge in [-0.2, -0.15) is 0 Å². The van der Waals surface area contributed by atoms with E-state index in [-0.39, 0.29) is 17.7 Å². The summed E-state index contributed by atoms with van der Waals surface area (Å²) in [6, 6.07) is 4.72. The zero-order valence-corrected chi connectivity index (χ0v) is 8.38. The van der Waals surface area contributed by atoms with E-state index in [1.54, 1.807) is 12.1 Å². The van der Waals surface area contributed by atoms with Crippen LogP contribution in [0.5, 0.6) is 5.75 Å². The van der Waals surface area contributed by atoms with Gasteiger partial charge in [0.1, 0.15) is 12.7 Å². The van der Waals surface area contributed by atoms with Gasteiger partial charge in [0.25, 0.3) is 0 Å². The summed E-state index contributed by atoms with van der Waals surface area (Å²) in [5.74, 6) is -0.0753. The number of benzene rings is 1. The van der Waals surface area contributed by atoms with Crippen molar-refractivity contribution in [2.45, 2.75) is 6.10 Å². The molecule has 0 saturated carbocycles. The van der Waals surface area contributed by atoms with Gasteiger partial charge in [0.05, 0.1) is 6.61 Å². The van der Waals surface area contributed by atoms with E-state index in [2.05, 4.69) is 15.9 Å². The second-order valence-electron chi connectivity index (χ2n) is 2.84. The second kappa shape index (κ2) is 3.64. The monoisotopic (exact) mass is 246 g/mol. The maximum absolute atomic E-state index is 13.1. The third kappa shape index (κ3) is 2.42. The molecule has 13 heavy (non-hydrogen) atoms. The normalized spacial score (nSPS) is 20.0. The number of halogens is 2. The van der Waals surface area contributed by atoms with Gasteiger partial charge in [0, 0.05) is 4.47 Å². The van der Waals surface area contributed by atoms with E-state index in [0.717, 1.165) is 6.61 Å². The van der Waals surface area contributed by atoms with Crippen LogP contribution in [0.25, 0.3) is 0 Å². The van der Waals surface area contributed by atoms with Crippen LogP contribution in [0.15, 0.2) is 22.7 Å². The molecular weight excluding hydrogens is 239 g/mol. The first-order chi connectivity index (χ1) is 6.25. The number of epoxide rings is 1. The van der Waals surface area contributed by atoms with E-state index in [9.17, 15) is 4.39 Å². The lowest BCUT2D eigenvalue weighted by Gasteiger charge is -2.04. The van der Waals surface area contributed by atoms with Crippen molar-refractivity contribution in [3.8, 4) is 5.75 Å². The smallest absolute Gasteiger partial charge is 0.166 e. The van der Waals surface area contributed by atoms with Gasteiger partial charge in [-0.05, 0) is 18.2 Å². The van der Waals surface area contributed by atoms with Gasteiger partial charge >= 0.3 is 0 Å². The van der Waals surface area contributed by atoms with Crippen molar-refractivity contribution in [2.75, 3.05) is 13.2 Å². The molecule has 1 aliphatic rings. The molecule has 2 rings (SSSR count). The van der Waals surface area contributed by atoms with Crippen LogP contribution in [0.2, 0.25) is 0 Å². The first-order valence-corrected chi connectivity index (χ1v) is 4.74. The van der Waals surface area contributed by atoms with Gasteiger partial charge in [0.15, 0.2) is 11.6 Å². The van der Waals surface area contributed by atoms with Crippen molar-refractivity contribution in [1.82, 2.24) is 0 Å². The molecule has 1 aromatic rings. The molecule has 0 bridgehead atoms. The Hall–Kier alpha value is -0.610. The molecule has 1 aliphatic heterocycles. The highest BCUT2D eigenvalue weighted by molar-refractivity contribution is 9.10. The van der Waals surface area contributed by atoms with Gasteiger partial charge in [-0.15, -0.1) is 0 Å². The Balaban J connectivity index is 2.01. The Morgan fingerprint density at radius 1 is 1.62 bits per heavy atom. The van der Waals surface area contributed by atoms with Gasteiger partial charge < -0.3 is 9.47 Å². The summed E-state index contributed by atoms with van der Waals surface area (Å²) in [6.07, 6.45) is 0.156. The van der Waals surface area contributed by atoms with Crippen LogP contribution in [0.3, 0.4) is 0 Å². The molecule has 1 atom stereocenters. The standard InChI is InChI=1S/C9H8BrFO2/c10-6-1-2-9(8(11)3-6)13-5-7-4-12-7/h1-3,7H,4-5H2/t7-/m0/s1. The Morgan fingerprint density at radius 2 is 2.38 bits per heavy atom. The predicted molar refractivity (Wildman–Crippen MR) is 49.3 cm³/mol. The molecule has 2 nitrogen and oxygen atoms in total. The molecule has 0 unspecified atom stereocenters. The van der Waals surface area contributed by atoms with Crippen LogP contribution < -0.4 is 4.74 Å². The van der Waals surface area contributed by atoms with Crippen LogP contribution in [0, 0.1) is 5.82 Å². The molecule has 1 saturated heterocycles. The molecule has 0 spiro atoms. The lowest BCUT2D eigenvalue weighted by Crippen LogP contribution is -2.05. The maximum Gasteiger partial charge on any atom is 0.166 e. The fourth-order valence-corrected chi connectivity index (χ4v) is 1.27. The average molecular weight is 247 g/mol. The molecule has 70 valence electrons. The Labute approximate surface area is 83.8 Å². The first-order valence-electron chi connectivity index (χ1n) is 3.95. The fourth-order valence-electron chi connectivity index (χ4n) is 0.939. The highest BCUT2D eigenvalue weighted by Gasteiger charge is 2.23. The Bertz CT molecular complexity index is 312. The van der Waals surface area contributed by atoms with Crippen molar-refractivity contribution in [1.29, 1.82) is 0 Å². The first kappa shape index (κ1) is 8.97. The topological polar surface area (TPSA) is 21.8 Å². The fraction of sp³-hybridized carbons (Fsp3) is 0.333. The van der Waals surface area contributed by atoms with E-state index in [1.165, 1.54) is 6.07 Å². The number of ether oxygens (including phenoxy) is 2. The van der Waals surface area contributed by atoms with Crippen molar-refractivity contribution < 1.29 is 13.9 Å². The van der Waals surface area contributed by atoms with Gasteiger partial charge in [-0.1, -0.05) is 15.9 Å². The largest absolute Gasteiger partial charge is 0.488 e. The van der Waals surface area contributed by atoms with Crippen LogP contribution in [-0.4, -0.2) is 19.3 Å². The van der Waals surface area contributed by atoms with E-state index in [0.29, 0.717) is 11.1 Å². The quantitative estimate of drug-likeness (QED) is 0.765. The van der Waals surface area contributed by atoms with Crippen molar-refractivity contribution in [2.24, 2.45) is 0 Å². The van der Waals surface area contributed by atoms with Crippen LogP contribution in [-0.2, 0) is 4.74 Å². The molecule has 1 fully saturated rings. The molecular formula is C9H8BrFO2. The highest BCUT2D eigenvalue weighted by atomic mass is 79.9.